The number of non-ortho nitro benzene ring substituents is 1. The lowest BCUT2D eigenvalue weighted by molar-refractivity contribution is -0.384. The molecule has 0 amide bonds. The fourth-order valence-corrected chi connectivity index (χ4v) is 1.56. The number of carbonyl (C=O) groups is 1. The minimum absolute atomic E-state index is 0.0514. The fraction of sp³-hybridized carbons (Fsp3) is 0.462. The number of benzene rings is 1. The van der Waals surface area contributed by atoms with Crippen LogP contribution in [0.4, 0.5) is 5.69 Å². The van der Waals surface area contributed by atoms with Crippen LogP contribution in [0.2, 0.25) is 0 Å². The maximum atomic E-state index is 10.9. The van der Waals surface area contributed by atoms with Crippen LogP contribution in [0.15, 0.2) is 18.2 Å². The van der Waals surface area contributed by atoms with E-state index in [2.05, 4.69) is 4.74 Å². The first-order chi connectivity index (χ1) is 9.04. The molecule has 0 unspecified atom stereocenters. The zero-order valence-electron chi connectivity index (χ0n) is 11.0. The molecule has 19 heavy (non-hydrogen) atoms. The van der Waals surface area contributed by atoms with Crippen LogP contribution in [0.1, 0.15) is 24.8 Å². The molecule has 0 aromatic heterocycles. The van der Waals surface area contributed by atoms with Crippen LogP contribution in [-0.2, 0) is 9.53 Å². The molecule has 1 aromatic carbocycles. The molecule has 0 atom stereocenters. The molecule has 0 aliphatic rings. The van der Waals surface area contributed by atoms with Crippen LogP contribution in [0.25, 0.3) is 0 Å². The summed E-state index contributed by atoms with van der Waals surface area (Å²) >= 11 is 0. The number of nitrogens with zero attached hydrogens (tertiary/aromatic N) is 1. The van der Waals surface area contributed by atoms with Gasteiger partial charge in [0.05, 0.1) is 18.6 Å². The number of hydrogen-bond donors (Lipinski definition) is 0. The van der Waals surface area contributed by atoms with Crippen molar-refractivity contribution < 1.29 is 19.2 Å². The molecule has 0 saturated carbocycles. The molecule has 0 radical (unpaired) electrons. The lowest BCUT2D eigenvalue weighted by Gasteiger charge is -2.08. The van der Waals surface area contributed by atoms with E-state index >= 15 is 0 Å². The number of ether oxygens (including phenoxy) is 2. The molecule has 0 aliphatic carbocycles. The minimum atomic E-state index is -0.437. The van der Waals surface area contributed by atoms with Crippen molar-refractivity contribution in [1.82, 2.24) is 0 Å². The summed E-state index contributed by atoms with van der Waals surface area (Å²) in [6.07, 6.45) is 1.79. The molecule has 0 aliphatic heterocycles. The highest BCUT2D eigenvalue weighted by Crippen LogP contribution is 2.23. The SMILES string of the molecule is COC(=O)CCCCOc1ccc([N+](=O)[O-])cc1C. The first kappa shape index (κ1) is 14.9. The summed E-state index contributed by atoms with van der Waals surface area (Å²) in [6, 6.07) is 4.48. The van der Waals surface area contributed by atoms with Gasteiger partial charge in [-0.05, 0) is 31.4 Å². The Kier molecular flexibility index (Phi) is 5.78. The minimum Gasteiger partial charge on any atom is -0.493 e. The van der Waals surface area contributed by atoms with E-state index in [9.17, 15) is 14.9 Å². The summed E-state index contributed by atoms with van der Waals surface area (Å²) < 4.78 is 10.0. The van der Waals surface area contributed by atoms with E-state index in [1.54, 1.807) is 13.0 Å². The van der Waals surface area contributed by atoms with Crippen molar-refractivity contribution in [3.8, 4) is 5.75 Å². The first-order valence-corrected chi connectivity index (χ1v) is 5.99. The van der Waals surface area contributed by atoms with Crippen molar-refractivity contribution in [2.24, 2.45) is 0 Å². The summed E-state index contributed by atoms with van der Waals surface area (Å²) in [4.78, 5) is 21.0. The molecular weight excluding hydrogens is 250 g/mol. The van der Waals surface area contributed by atoms with E-state index in [1.807, 2.05) is 0 Å². The second kappa shape index (κ2) is 7.35. The summed E-state index contributed by atoms with van der Waals surface area (Å²) in [5.74, 6) is 0.398. The number of hydrogen-bond acceptors (Lipinski definition) is 5. The molecule has 1 aromatic rings. The molecular formula is C13H17NO5. The largest absolute Gasteiger partial charge is 0.493 e. The van der Waals surface area contributed by atoms with Crippen LogP contribution >= 0.6 is 0 Å². The lowest BCUT2D eigenvalue weighted by Crippen LogP contribution is -2.03. The highest BCUT2D eigenvalue weighted by atomic mass is 16.6. The predicted molar refractivity (Wildman–Crippen MR) is 69.2 cm³/mol. The van der Waals surface area contributed by atoms with Gasteiger partial charge < -0.3 is 9.47 Å². The zero-order chi connectivity index (χ0) is 14.3. The van der Waals surface area contributed by atoms with E-state index in [4.69, 9.17) is 4.74 Å². The standard InChI is InChI=1S/C13H17NO5/c1-10-9-11(14(16)17)6-7-12(10)19-8-4-3-5-13(15)18-2/h6-7,9H,3-5,8H2,1-2H3. The van der Waals surface area contributed by atoms with Gasteiger partial charge in [-0.2, -0.15) is 0 Å². The van der Waals surface area contributed by atoms with Gasteiger partial charge in [0.15, 0.2) is 0 Å². The lowest BCUT2D eigenvalue weighted by atomic mass is 10.2. The average Bonchev–Trinajstić information content (AvgIpc) is 2.39. The molecule has 0 saturated heterocycles. The smallest absolute Gasteiger partial charge is 0.305 e. The van der Waals surface area contributed by atoms with E-state index in [0.29, 0.717) is 25.2 Å². The predicted octanol–water partition coefficient (Wildman–Crippen LogP) is 2.63. The van der Waals surface area contributed by atoms with Crippen LogP contribution in [0, 0.1) is 17.0 Å². The van der Waals surface area contributed by atoms with E-state index < -0.39 is 4.92 Å². The number of rotatable bonds is 7. The van der Waals surface area contributed by atoms with Crippen molar-refractivity contribution in [3.63, 3.8) is 0 Å². The molecule has 0 bridgehead atoms. The third-order valence-electron chi connectivity index (χ3n) is 2.63. The van der Waals surface area contributed by atoms with Gasteiger partial charge in [0.1, 0.15) is 5.75 Å². The number of aryl methyl sites for hydroxylation is 1. The Hall–Kier alpha value is -2.11. The number of esters is 1. The zero-order valence-corrected chi connectivity index (χ0v) is 11.0. The Bertz CT molecular complexity index is 458. The van der Waals surface area contributed by atoms with Crippen LogP contribution in [0.3, 0.4) is 0 Å². The quantitative estimate of drug-likeness (QED) is 0.328. The van der Waals surface area contributed by atoms with Crippen molar-refractivity contribution in [2.75, 3.05) is 13.7 Å². The number of carbonyl (C=O) groups excluding carboxylic acids is 1. The van der Waals surface area contributed by atoms with Gasteiger partial charge in [-0.3, -0.25) is 14.9 Å². The number of unbranched alkanes of at least 4 members (excludes halogenated alkanes) is 1. The molecule has 0 heterocycles. The van der Waals surface area contributed by atoms with Crippen molar-refractivity contribution in [2.45, 2.75) is 26.2 Å². The molecule has 0 fully saturated rings. The highest BCUT2D eigenvalue weighted by Gasteiger charge is 2.08. The molecule has 0 N–H and O–H groups in total. The maximum Gasteiger partial charge on any atom is 0.305 e. The summed E-state index contributed by atoms with van der Waals surface area (Å²) in [7, 11) is 1.36. The van der Waals surface area contributed by atoms with Gasteiger partial charge >= 0.3 is 5.97 Å². The third kappa shape index (κ3) is 4.95. The van der Waals surface area contributed by atoms with Gasteiger partial charge in [0.25, 0.3) is 5.69 Å². The van der Waals surface area contributed by atoms with Gasteiger partial charge in [-0.1, -0.05) is 0 Å². The fourth-order valence-electron chi connectivity index (χ4n) is 1.56. The van der Waals surface area contributed by atoms with Gasteiger partial charge in [0, 0.05) is 18.6 Å². The first-order valence-electron chi connectivity index (χ1n) is 5.99. The Balaban J connectivity index is 2.37. The molecule has 1 rings (SSSR count). The van der Waals surface area contributed by atoms with Crippen LogP contribution < -0.4 is 4.74 Å². The van der Waals surface area contributed by atoms with Gasteiger partial charge in [0.2, 0.25) is 0 Å². The Morgan fingerprint density at radius 3 is 2.68 bits per heavy atom. The Morgan fingerprint density at radius 2 is 2.11 bits per heavy atom. The number of nitro groups is 1. The molecule has 104 valence electrons. The number of methoxy groups -OCH3 is 1. The van der Waals surface area contributed by atoms with Gasteiger partial charge in [-0.15, -0.1) is 0 Å². The third-order valence-corrected chi connectivity index (χ3v) is 2.63. The van der Waals surface area contributed by atoms with Crippen LogP contribution in [0.5, 0.6) is 5.75 Å². The second-order valence-corrected chi connectivity index (χ2v) is 4.09. The average molecular weight is 267 g/mol. The summed E-state index contributed by atoms with van der Waals surface area (Å²) in [5.41, 5.74) is 0.776. The topological polar surface area (TPSA) is 78.7 Å². The molecule has 6 nitrogen and oxygen atoms in total. The maximum absolute atomic E-state index is 10.9. The number of nitro benzene ring substituents is 1. The van der Waals surface area contributed by atoms with E-state index in [1.165, 1.54) is 19.2 Å². The van der Waals surface area contributed by atoms with Crippen LogP contribution in [-0.4, -0.2) is 24.6 Å². The summed E-state index contributed by atoms with van der Waals surface area (Å²) in [6.45, 7) is 2.23. The molecule has 6 heteroatoms. The summed E-state index contributed by atoms with van der Waals surface area (Å²) in [5, 5.41) is 10.6. The highest BCUT2D eigenvalue weighted by molar-refractivity contribution is 5.68. The second-order valence-electron chi connectivity index (χ2n) is 4.09. The Labute approximate surface area is 111 Å². The molecule has 0 spiro atoms. The van der Waals surface area contributed by atoms with Crippen molar-refractivity contribution >= 4 is 11.7 Å². The monoisotopic (exact) mass is 267 g/mol. The van der Waals surface area contributed by atoms with Crippen molar-refractivity contribution in [1.29, 1.82) is 0 Å². The Morgan fingerprint density at radius 1 is 1.37 bits per heavy atom. The van der Waals surface area contributed by atoms with E-state index in [0.717, 1.165) is 12.0 Å². The van der Waals surface area contributed by atoms with E-state index in [-0.39, 0.29) is 11.7 Å². The van der Waals surface area contributed by atoms with Crippen molar-refractivity contribution in [3.05, 3.63) is 33.9 Å². The normalized spacial score (nSPS) is 10.0. The van der Waals surface area contributed by atoms with Gasteiger partial charge in [-0.25, -0.2) is 0 Å².